The van der Waals surface area contributed by atoms with Crippen molar-refractivity contribution in [3.05, 3.63) is 96.4 Å². The van der Waals surface area contributed by atoms with Crippen LogP contribution in [0.2, 0.25) is 0 Å². The predicted octanol–water partition coefficient (Wildman–Crippen LogP) is 6.86. The fourth-order valence-corrected chi connectivity index (χ4v) is 5.25. The smallest absolute Gasteiger partial charge is 0.243 e. The van der Waals surface area contributed by atoms with E-state index in [0.717, 1.165) is 32.7 Å². The van der Waals surface area contributed by atoms with E-state index in [0.29, 0.717) is 22.5 Å². The van der Waals surface area contributed by atoms with Gasteiger partial charge >= 0.3 is 0 Å². The van der Waals surface area contributed by atoms with Gasteiger partial charge in [-0.15, -0.1) is 11.8 Å². The Labute approximate surface area is 200 Å². The van der Waals surface area contributed by atoms with Crippen LogP contribution in [0.15, 0.2) is 89.5 Å². The van der Waals surface area contributed by atoms with Gasteiger partial charge in [0, 0.05) is 11.3 Å². The molecule has 0 N–H and O–H groups in total. The molecular weight excluding hydrogens is 450 g/mol. The Morgan fingerprint density at radius 3 is 2.55 bits per heavy atom. The maximum atomic E-state index is 13.4. The first-order valence-corrected chi connectivity index (χ1v) is 12.5. The van der Waals surface area contributed by atoms with E-state index in [1.54, 1.807) is 11.2 Å². The second-order valence-corrected chi connectivity index (χ2v) is 9.48. The quantitative estimate of drug-likeness (QED) is 0.260. The Kier molecular flexibility index (Phi) is 6.24. The molecule has 0 bridgehead atoms. The van der Waals surface area contributed by atoms with Gasteiger partial charge in [-0.3, -0.25) is 9.69 Å². The first kappa shape index (κ1) is 21.4. The molecule has 0 atom stereocenters. The minimum atomic E-state index is -0.0138. The van der Waals surface area contributed by atoms with E-state index in [1.165, 1.54) is 23.1 Å². The molecule has 0 aliphatic heterocycles. The van der Waals surface area contributed by atoms with E-state index in [2.05, 4.69) is 4.98 Å². The number of para-hydroxylation sites is 2. The zero-order chi connectivity index (χ0) is 22.6. The number of thioether (sulfide) groups is 1. The number of aryl methyl sites for hydroxylation is 1. The average Bonchev–Trinajstić information content (AvgIpc) is 3.48. The number of nitrogens with zero attached hydrogens (tertiary/aromatic N) is 3. The summed E-state index contributed by atoms with van der Waals surface area (Å²) in [6.45, 7) is 2.01. The fraction of sp³-hybridized carbons (Fsp3) is 0.115. The Morgan fingerprint density at radius 2 is 1.73 bits per heavy atom. The largest absolute Gasteiger partial charge is 0.444 e. The van der Waals surface area contributed by atoms with Crippen LogP contribution in [0.25, 0.3) is 21.7 Å². The maximum Gasteiger partial charge on any atom is 0.243 e. The molecule has 0 saturated carbocycles. The molecule has 3 aromatic carbocycles. The molecule has 0 aliphatic rings. The van der Waals surface area contributed by atoms with Crippen LogP contribution in [0.1, 0.15) is 11.3 Å². The highest BCUT2D eigenvalue weighted by molar-refractivity contribution is 7.99. The van der Waals surface area contributed by atoms with E-state index >= 15 is 0 Å². The van der Waals surface area contributed by atoms with Gasteiger partial charge < -0.3 is 4.42 Å². The minimum Gasteiger partial charge on any atom is -0.444 e. The highest BCUT2D eigenvalue weighted by Crippen LogP contribution is 2.35. The standard InChI is InChI=1S/C26H21N3O2S2/c1-18-9-5-7-13-22(18)29(26-28-21-12-6-8-14-23(21)33-26)24(30)17-32-16-20-15-31-25(27-20)19-10-3-2-4-11-19/h2-15H,16-17H2,1H3. The second kappa shape index (κ2) is 9.60. The van der Waals surface area contributed by atoms with Gasteiger partial charge in [-0.25, -0.2) is 9.97 Å². The van der Waals surface area contributed by atoms with Crippen molar-refractivity contribution in [2.24, 2.45) is 0 Å². The molecule has 0 aliphatic carbocycles. The van der Waals surface area contributed by atoms with Crippen molar-refractivity contribution in [1.82, 2.24) is 9.97 Å². The van der Waals surface area contributed by atoms with Gasteiger partial charge in [-0.2, -0.15) is 0 Å². The van der Waals surface area contributed by atoms with Crippen molar-refractivity contribution in [2.45, 2.75) is 12.7 Å². The molecule has 0 unspecified atom stereocenters. The molecule has 0 saturated heterocycles. The molecular formula is C26H21N3O2S2. The lowest BCUT2D eigenvalue weighted by atomic mass is 10.2. The third-order valence-corrected chi connectivity index (χ3v) is 7.10. The van der Waals surface area contributed by atoms with Crippen LogP contribution >= 0.6 is 23.1 Å². The number of thiazole rings is 1. The highest BCUT2D eigenvalue weighted by atomic mass is 32.2. The van der Waals surface area contributed by atoms with Gasteiger partial charge in [0.05, 0.1) is 27.4 Å². The van der Waals surface area contributed by atoms with Crippen molar-refractivity contribution in [3.63, 3.8) is 0 Å². The number of carbonyl (C=O) groups excluding carboxylic acids is 1. The number of benzene rings is 3. The Bertz CT molecular complexity index is 1360. The van der Waals surface area contributed by atoms with Crippen LogP contribution in [0.5, 0.6) is 0 Å². The fourth-order valence-electron chi connectivity index (χ4n) is 3.51. The van der Waals surface area contributed by atoms with Crippen LogP contribution in [0.3, 0.4) is 0 Å². The second-order valence-electron chi connectivity index (χ2n) is 7.48. The maximum absolute atomic E-state index is 13.4. The molecule has 5 nitrogen and oxygen atoms in total. The zero-order valence-corrected chi connectivity index (χ0v) is 19.6. The zero-order valence-electron chi connectivity index (χ0n) is 18.0. The number of fused-ring (bicyclic) bond motifs is 1. The minimum absolute atomic E-state index is 0.0138. The molecule has 0 fully saturated rings. The van der Waals surface area contributed by atoms with Crippen molar-refractivity contribution in [1.29, 1.82) is 0 Å². The predicted molar refractivity (Wildman–Crippen MR) is 136 cm³/mol. The van der Waals surface area contributed by atoms with Crippen molar-refractivity contribution in [2.75, 3.05) is 10.7 Å². The Balaban J connectivity index is 1.34. The summed E-state index contributed by atoms with van der Waals surface area (Å²) in [7, 11) is 0. The number of rotatable bonds is 7. The summed E-state index contributed by atoms with van der Waals surface area (Å²) in [6.07, 6.45) is 1.66. The average molecular weight is 472 g/mol. The van der Waals surface area contributed by atoms with Crippen LogP contribution in [0.4, 0.5) is 10.8 Å². The van der Waals surface area contributed by atoms with Crippen molar-refractivity contribution >= 4 is 50.0 Å². The van der Waals surface area contributed by atoms with Gasteiger partial charge in [0.15, 0.2) is 5.13 Å². The Morgan fingerprint density at radius 1 is 0.970 bits per heavy atom. The summed E-state index contributed by atoms with van der Waals surface area (Å²) in [5.41, 5.74) is 4.53. The Hall–Kier alpha value is -3.42. The molecule has 7 heteroatoms. The van der Waals surface area contributed by atoms with E-state index < -0.39 is 0 Å². The molecule has 2 heterocycles. The van der Waals surface area contributed by atoms with Gasteiger partial charge in [0.25, 0.3) is 0 Å². The highest BCUT2D eigenvalue weighted by Gasteiger charge is 2.23. The molecule has 33 heavy (non-hydrogen) atoms. The molecule has 2 aromatic heterocycles. The lowest BCUT2D eigenvalue weighted by molar-refractivity contribution is -0.115. The van der Waals surface area contributed by atoms with Crippen LogP contribution in [-0.4, -0.2) is 21.6 Å². The van der Waals surface area contributed by atoms with Crippen molar-refractivity contribution in [3.8, 4) is 11.5 Å². The van der Waals surface area contributed by atoms with E-state index in [1.807, 2.05) is 85.8 Å². The molecule has 1 amide bonds. The number of oxazole rings is 1. The lowest BCUT2D eigenvalue weighted by Gasteiger charge is -2.21. The normalized spacial score (nSPS) is 11.1. The summed E-state index contributed by atoms with van der Waals surface area (Å²) in [4.78, 5) is 24.5. The number of anilines is 2. The number of hydrogen-bond acceptors (Lipinski definition) is 6. The topological polar surface area (TPSA) is 59.2 Å². The van der Waals surface area contributed by atoms with E-state index in [9.17, 15) is 4.79 Å². The first-order chi connectivity index (χ1) is 16.2. The number of amides is 1. The molecule has 5 aromatic rings. The molecule has 5 rings (SSSR count). The van der Waals surface area contributed by atoms with Gasteiger partial charge in [0.1, 0.15) is 6.26 Å². The number of hydrogen-bond donors (Lipinski definition) is 0. The van der Waals surface area contributed by atoms with Gasteiger partial charge in [-0.1, -0.05) is 59.9 Å². The van der Waals surface area contributed by atoms with Crippen LogP contribution < -0.4 is 4.90 Å². The summed E-state index contributed by atoms with van der Waals surface area (Å²) < 4.78 is 6.67. The monoisotopic (exact) mass is 471 g/mol. The lowest BCUT2D eigenvalue weighted by Crippen LogP contribution is -2.28. The first-order valence-electron chi connectivity index (χ1n) is 10.5. The summed E-state index contributed by atoms with van der Waals surface area (Å²) in [6, 6.07) is 25.6. The molecule has 0 spiro atoms. The third kappa shape index (κ3) is 4.69. The van der Waals surface area contributed by atoms with Gasteiger partial charge in [0.2, 0.25) is 11.8 Å². The summed E-state index contributed by atoms with van der Waals surface area (Å²) in [5, 5.41) is 0.684. The number of aromatic nitrogens is 2. The summed E-state index contributed by atoms with van der Waals surface area (Å²) in [5.74, 6) is 1.47. The summed E-state index contributed by atoms with van der Waals surface area (Å²) >= 11 is 3.04. The molecule has 164 valence electrons. The third-order valence-electron chi connectivity index (χ3n) is 5.13. The SMILES string of the molecule is Cc1ccccc1N(C(=O)CSCc1coc(-c2ccccc2)n1)c1nc2ccccc2s1. The molecule has 0 radical (unpaired) electrons. The number of carbonyl (C=O) groups is 1. The van der Waals surface area contributed by atoms with E-state index in [4.69, 9.17) is 9.40 Å². The van der Waals surface area contributed by atoms with Crippen LogP contribution in [-0.2, 0) is 10.5 Å². The van der Waals surface area contributed by atoms with E-state index in [-0.39, 0.29) is 5.91 Å². The van der Waals surface area contributed by atoms with Crippen molar-refractivity contribution < 1.29 is 9.21 Å². The van der Waals surface area contributed by atoms with Gasteiger partial charge in [-0.05, 0) is 42.8 Å². The van der Waals surface area contributed by atoms with Crippen LogP contribution in [0, 0.1) is 6.92 Å².